The number of nitrogens with one attached hydrogen (secondary N) is 1. The van der Waals surface area contributed by atoms with Gasteiger partial charge in [0.05, 0.1) is 18.5 Å². The van der Waals surface area contributed by atoms with Gasteiger partial charge in [-0.05, 0) is 30.2 Å². The lowest BCUT2D eigenvalue weighted by Gasteiger charge is -2.31. The van der Waals surface area contributed by atoms with Crippen LogP contribution < -0.4 is 5.32 Å². The fraction of sp³-hybridized carbons (Fsp3) is 0.533. The molecule has 1 fully saturated rings. The van der Waals surface area contributed by atoms with Crippen molar-refractivity contribution in [3.63, 3.8) is 0 Å². The second-order valence-electron chi connectivity index (χ2n) is 5.74. The average molecular weight is 335 g/mol. The average Bonchev–Trinajstić information content (AvgIpc) is 3.21. The molecule has 0 bridgehead atoms. The van der Waals surface area contributed by atoms with Crippen molar-refractivity contribution in [3.05, 3.63) is 28.7 Å². The summed E-state index contributed by atoms with van der Waals surface area (Å²) < 4.78 is 6.92. The summed E-state index contributed by atoms with van der Waals surface area (Å²) in [6.45, 7) is 2.89. The molecule has 0 saturated carbocycles. The molecule has 0 aromatic carbocycles. The first-order valence-electron chi connectivity index (χ1n) is 7.70. The second-order valence-corrected chi connectivity index (χ2v) is 6.52. The number of anilines is 1. The van der Waals surface area contributed by atoms with Gasteiger partial charge in [0, 0.05) is 32.1 Å². The molecule has 2 aromatic rings. The third kappa shape index (κ3) is 4.29. The minimum absolute atomic E-state index is 0.00927. The van der Waals surface area contributed by atoms with Crippen LogP contribution in [0.1, 0.15) is 18.5 Å². The molecule has 1 saturated heterocycles. The molecular formula is C15H21N5O2S. The summed E-state index contributed by atoms with van der Waals surface area (Å²) in [6.07, 6.45) is 3.90. The number of hydrogen-bond donors (Lipinski definition) is 1. The van der Waals surface area contributed by atoms with Gasteiger partial charge < -0.3 is 15.0 Å². The molecule has 0 atom stereocenters. The van der Waals surface area contributed by atoms with Crippen LogP contribution in [-0.2, 0) is 17.9 Å². The van der Waals surface area contributed by atoms with Gasteiger partial charge in [0.15, 0.2) is 0 Å². The molecule has 2 amide bonds. The van der Waals surface area contributed by atoms with Gasteiger partial charge in [0.25, 0.3) is 0 Å². The Hall–Kier alpha value is -1.93. The first-order valence-corrected chi connectivity index (χ1v) is 8.65. The van der Waals surface area contributed by atoms with Crippen LogP contribution in [0.15, 0.2) is 23.0 Å². The summed E-state index contributed by atoms with van der Waals surface area (Å²) in [5.41, 5.74) is 1.72. The molecule has 1 aliphatic rings. The fourth-order valence-corrected chi connectivity index (χ4v) is 3.35. The number of amides is 2. The zero-order valence-corrected chi connectivity index (χ0v) is 14.0. The fourth-order valence-electron chi connectivity index (χ4n) is 2.76. The number of rotatable bonds is 5. The van der Waals surface area contributed by atoms with E-state index in [2.05, 4.69) is 15.6 Å². The second kappa shape index (κ2) is 7.56. The van der Waals surface area contributed by atoms with Crippen molar-refractivity contribution < 1.29 is 9.53 Å². The Kier molecular flexibility index (Phi) is 5.24. The van der Waals surface area contributed by atoms with Gasteiger partial charge in [-0.25, -0.2) is 4.79 Å². The van der Waals surface area contributed by atoms with Crippen molar-refractivity contribution in [2.24, 2.45) is 5.92 Å². The van der Waals surface area contributed by atoms with Crippen molar-refractivity contribution in [1.29, 1.82) is 0 Å². The topological polar surface area (TPSA) is 72.3 Å². The molecule has 0 aliphatic carbocycles. The highest BCUT2D eigenvalue weighted by Crippen LogP contribution is 2.20. The predicted octanol–water partition coefficient (Wildman–Crippen LogP) is 2.43. The standard InChI is InChI=1S/C15H21N5O2S/c1-22-10-14-9-20(18-17-14)8-12-2-5-19(6-3-12)15(21)16-13-4-7-23-11-13/h4,7,9,11-12H,2-3,5-6,8,10H2,1H3,(H,16,21). The van der Waals surface area contributed by atoms with E-state index in [-0.39, 0.29) is 6.03 Å². The number of nitrogens with zero attached hydrogens (tertiary/aromatic N) is 4. The number of piperidine rings is 1. The third-order valence-electron chi connectivity index (χ3n) is 4.00. The highest BCUT2D eigenvalue weighted by Gasteiger charge is 2.23. The maximum absolute atomic E-state index is 12.2. The minimum atomic E-state index is -0.00927. The molecule has 0 unspecified atom stereocenters. The number of likely N-dealkylation sites (tertiary alicyclic amines) is 1. The number of aromatic nitrogens is 3. The van der Waals surface area contributed by atoms with Crippen molar-refractivity contribution in [2.45, 2.75) is 26.0 Å². The molecular weight excluding hydrogens is 314 g/mol. The van der Waals surface area contributed by atoms with Crippen LogP contribution in [0.4, 0.5) is 10.5 Å². The third-order valence-corrected chi connectivity index (χ3v) is 4.68. The van der Waals surface area contributed by atoms with Crippen LogP contribution in [0.25, 0.3) is 0 Å². The van der Waals surface area contributed by atoms with Crippen LogP contribution in [-0.4, -0.2) is 46.1 Å². The molecule has 8 heteroatoms. The quantitative estimate of drug-likeness (QED) is 0.911. The van der Waals surface area contributed by atoms with Crippen molar-refractivity contribution >= 4 is 23.1 Å². The number of carbonyl (C=O) groups excluding carboxylic acids is 1. The molecule has 0 radical (unpaired) electrons. The summed E-state index contributed by atoms with van der Waals surface area (Å²) in [7, 11) is 1.65. The summed E-state index contributed by atoms with van der Waals surface area (Å²) in [5.74, 6) is 0.525. The Balaban J connectivity index is 1.45. The lowest BCUT2D eigenvalue weighted by Crippen LogP contribution is -2.41. The van der Waals surface area contributed by atoms with Crippen molar-refractivity contribution in [2.75, 3.05) is 25.5 Å². The normalized spacial score (nSPS) is 15.8. The molecule has 2 aromatic heterocycles. The highest BCUT2D eigenvalue weighted by atomic mass is 32.1. The Bertz CT molecular complexity index is 620. The zero-order valence-electron chi connectivity index (χ0n) is 13.1. The van der Waals surface area contributed by atoms with E-state index < -0.39 is 0 Å². The summed E-state index contributed by atoms with van der Waals surface area (Å²) >= 11 is 1.58. The molecule has 3 heterocycles. The SMILES string of the molecule is COCc1cn(CC2CCN(C(=O)Nc3ccsc3)CC2)nn1. The Morgan fingerprint density at radius 1 is 1.48 bits per heavy atom. The smallest absolute Gasteiger partial charge is 0.321 e. The monoisotopic (exact) mass is 335 g/mol. The van der Waals surface area contributed by atoms with E-state index >= 15 is 0 Å². The van der Waals surface area contributed by atoms with Crippen LogP contribution in [0.5, 0.6) is 0 Å². The molecule has 7 nitrogen and oxygen atoms in total. The lowest BCUT2D eigenvalue weighted by molar-refractivity contribution is 0.175. The van der Waals surface area contributed by atoms with Gasteiger partial charge in [0.1, 0.15) is 5.69 Å². The van der Waals surface area contributed by atoms with E-state index in [1.165, 1.54) is 0 Å². The molecule has 1 aliphatic heterocycles. The molecule has 3 rings (SSSR count). The minimum Gasteiger partial charge on any atom is -0.378 e. The number of thiophene rings is 1. The lowest BCUT2D eigenvalue weighted by atomic mass is 9.97. The number of methoxy groups -OCH3 is 1. The maximum atomic E-state index is 12.2. The first-order chi connectivity index (χ1) is 11.2. The van der Waals surface area contributed by atoms with Gasteiger partial charge in [-0.2, -0.15) is 11.3 Å². The molecule has 1 N–H and O–H groups in total. The number of ether oxygens (including phenoxy) is 1. The van der Waals surface area contributed by atoms with Crippen LogP contribution in [0.3, 0.4) is 0 Å². The van der Waals surface area contributed by atoms with Crippen LogP contribution in [0.2, 0.25) is 0 Å². The van der Waals surface area contributed by atoms with Gasteiger partial charge in [0.2, 0.25) is 0 Å². The molecule has 0 spiro atoms. The van der Waals surface area contributed by atoms with Crippen molar-refractivity contribution in [1.82, 2.24) is 19.9 Å². The Morgan fingerprint density at radius 2 is 2.30 bits per heavy atom. The zero-order chi connectivity index (χ0) is 16.1. The van der Waals surface area contributed by atoms with Crippen molar-refractivity contribution in [3.8, 4) is 0 Å². The van der Waals surface area contributed by atoms with Crippen LogP contribution in [0, 0.1) is 5.92 Å². The maximum Gasteiger partial charge on any atom is 0.321 e. The van der Waals surface area contributed by atoms with E-state index in [0.717, 1.165) is 43.9 Å². The van der Waals surface area contributed by atoms with Gasteiger partial charge in [-0.1, -0.05) is 5.21 Å². The highest BCUT2D eigenvalue weighted by molar-refractivity contribution is 7.08. The number of urea groups is 1. The largest absolute Gasteiger partial charge is 0.378 e. The van der Waals surface area contributed by atoms with E-state index in [1.54, 1.807) is 18.4 Å². The van der Waals surface area contributed by atoms with E-state index in [4.69, 9.17) is 4.74 Å². The number of hydrogen-bond acceptors (Lipinski definition) is 5. The van der Waals surface area contributed by atoms with Crippen LogP contribution >= 0.6 is 11.3 Å². The van der Waals surface area contributed by atoms with E-state index in [0.29, 0.717) is 12.5 Å². The number of carbonyl (C=O) groups is 1. The summed E-state index contributed by atoms with van der Waals surface area (Å²) in [5, 5.41) is 15.0. The summed E-state index contributed by atoms with van der Waals surface area (Å²) in [4.78, 5) is 14.1. The first kappa shape index (κ1) is 15.9. The predicted molar refractivity (Wildman–Crippen MR) is 88.4 cm³/mol. The summed E-state index contributed by atoms with van der Waals surface area (Å²) in [6, 6.07) is 1.91. The molecule has 124 valence electrons. The Labute approximate surface area is 139 Å². The van der Waals surface area contributed by atoms with Gasteiger partial charge >= 0.3 is 6.03 Å². The van der Waals surface area contributed by atoms with E-state index in [1.807, 2.05) is 32.6 Å². The van der Waals surface area contributed by atoms with Gasteiger partial charge in [-0.3, -0.25) is 4.68 Å². The van der Waals surface area contributed by atoms with E-state index in [9.17, 15) is 4.79 Å². The Morgan fingerprint density at radius 3 is 3.00 bits per heavy atom. The molecule has 23 heavy (non-hydrogen) atoms. The van der Waals surface area contributed by atoms with Gasteiger partial charge in [-0.15, -0.1) is 5.10 Å².